The van der Waals surface area contributed by atoms with E-state index < -0.39 is 0 Å². The van der Waals surface area contributed by atoms with Gasteiger partial charge in [0.2, 0.25) is 0 Å². The third kappa shape index (κ3) is 7.49. The van der Waals surface area contributed by atoms with Crippen LogP contribution in [0.2, 0.25) is 0 Å². The van der Waals surface area contributed by atoms with Crippen LogP contribution in [0.1, 0.15) is 0 Å². The molecule has 0 saturated carbocycles. The van der Waals surface area contributed by atoms with Crippen molar-refractivity contribution in [3.63, 3.8) is 0 Å². The van der Waals surface area contributed by atoms with Crippen LogP contribution in [-0.4, -0.2) is 4.57 Å². The van der Waals surface area contributed by atoms with Crippen molar-refractivity contribution in [2.24, 2.45) is 0 Å². The second kappa shape index (κ2) is 17.4. The number of rotatable bonds is 9. The Morgan fingerprint density at radius 3 is 1.36 bits per heavy atom. The monoisotopic (exact) mass is 890 g/mol. The van der Waals surface area contributed by atoms with Gasteiger partial charge in [-0.15, -0.1) is 0 Å². The maximum absolute atomic E-state index is 2.46. The van der Waals surface area contributed by atoms with Gasteiger partial charge in [0.25, 0.3) is 0 Å². The van der Waals surface area contributed by atoms with E-state index in [1.165, 1.54) is 87.9 Å². The highest BCUT2D eigenvalue weighted by atomic mass is 15.1. The SMILES string of the molecule is c1ccc(-c2ccc(-c3ccc(N(c4ccc(-c5cc(-c6ccc7ccccc7c6)cc(-n6c7ccccc7c7c8ccccc8ccc76)c5)cc4)c4cccc(-c5ccccc5)c4)cc3)cc2)cc1. The van der Waals surface area contributed by atoms with Crippen LogP contribution in [0.3, 0.4) is 0 Å². The first-order valence-electron chi connectivity index (χ1n) is 24.1. The van der Waals surface area contributed by atoms with Crippen LogP contribution in [0.4, 0.5) is 17.1 Å². The average molecular weight is 891 g/mol. The minimum absolute atomic E-state index is 1.08. The fraction of sp³-hybridized carbons (Fsp3) is 0. The van der Waals surface area contributed by atoms with E-state index in [9.17, 15) is 0 Å². The molecule has 0 N–H and O–H groups in total. The number of nitrogens with zero attached hydrogens (tertiary/aromatic N) is 2. The second-order valence-electron chi connectivity index (χ2n) is 18.2. The van der Waals surface area contributed by atoms with Gasteiger partial charge in [-0.3, -0.25) is 0 Å². The van der Waals surface area contributed by atoms with E-state index in [4.69, 9.17) is 0 Å². The predicted octanol–water partition coefficient (Wildman–Crippen LogP) is 18.9. The maximum atomic E-state index is 2.46. The van der Waals surface area contributed by atoms with Crippen molar-refractivity contribution >= 4 is 60.4 Å². The topological polar surface area (TPSA) is 8.17 Å². The Morgan fingerprint density at radius 2 is 0.686 bits per heavy atom. The van der Waals surface area contributed by atoms with E-state index in [2.05, 4.69) is 289 Å². The summed E-state index contributed by atoms with van der Waals surface area (Å²) in [4.78, 5) is 2.37. The van der Waals surface area contributed by atoms with Crippen LogP contribution in [-0.2, 0) is 0 Å². The van der Waals surface area contributed by atoms with Crippen LogP contribution in [0, 0.1) is 0 Å². The number of benzene rings is 12. The molecule has 13 aromatic rings. The molecule has 0 unspecified atom stereocenters. The first kappa shape index (κ1) is 41.0. The molecular formula is C68H46N2. The second-order valence-corrected chi connectivity index (χ2v) is 18.2. The number of hydrogen-bond acceptors (Lipinski definition) is 1. The molecule has 2 heteroatoms. The Labute approximate surface area is 408 Å². The fourth-order valence-electron chi connectivity index (χ4n) is 10.5. The molecule has 0 aliphatic carbocycles. The summed E-state index contributed by atoms with van der Waals surface area (Å²) >= 11 is 0. The maximum Gasteiger partial charge on any atom is 0.0547 e. The molecule has 12 aromatic carbocycles. The summed E-state index contributed by atoms with van der Waals surface area (Å²) in [5, 5.41) is 7.50. The minimum atomic E-state index is 1.08. The Bertz CT molecular complexity index is 4020. The number of anilines is 3. The van der Waals surface area contributed by atoms with E-state index in [0.717, 1.165) is 33.9 Å². The van der Waals surface area contributed by atoms with Gasteiger partial charge in [-0.25, -0.2) is 0 Å². The largest absolute Gasteiger partial charge is 0.310 e. The van der Waals surface area contributed by atoms with E-state index >= 15 is 0 Å². The van der Waals surface area contributed by atoms with Crippen LogP contribution in [0.25, 0.3) is 105 Å². The summed E-state index contributed by atoms with van der Waals surface area (Å²) in [6, 6.07) is 102. The molecule has 70 heavy (non-hydrogen) atoms. The molecule has 2 nitrogen and oxygen atoms in total. The van der Waals surface area contributed by atoms with Crippen molar-refractivity contribution in [1.29, 1.82) is 0 Å². The summed E-state index contributed by atoms with van der Waals surface area (Å²) in [5.41, 5.74) is 18.6. The summed E-state index contributed by atoms with van der Waals surface area (Å²) < 4.78 is 2.46. The van der Waals surface area contributed by atoms with Gasteiger partial charge in [-0.05, 0) is 150 Å². The summed E-state index contributed by atoms with van der Waals surface area (Å²) in [5.74, 6) is 0. The van der Waals surface area contributed by atoms with Gasteiger partial charge >= 0.3 is 0 Å². The minimum Gasteiger partial charge on any atom is -0.310 e. The first-order valence-corrected chi connectivity index (χ1v) is 24.1. The quantitative estimate of drug-likeness (QED) is 0.140. The lowest BCUT2D eigenvalue weighted by Crippen LogP contribution is -2.10. The molecule has 13 rings (SSSR count). The van der Waals surface area contributed by atoms with Gasteiger partial charge in [0.05, 0.1) is 11.0 Å². The molecule has 1 aromatic heterocycles. The van der Waals surface area contributed by atoms with Crippen molar-refractivity contribution < 1.29 is 0 Å². The molecule has 0 aliphatic rings. The van der Waals surface area contributed by atoms with E-state index in [-0.39, 0.29) is 0 Å². The predicted molar refractivity (Wildman–Crippen MR) is 298 cm³/mol. The van der Waals surface area contributed by atoms with Crippen LogP contribution in [0.5, 0.6) is 0 Å². The number of hydrogen-bond donors (Lipinski definition) is 0. The summed E-state index contributed by atoms with van der Waals surface area (Å²) in [6.45, 7) is 0. The Balaban J connectivity index is 0.933. The van der Waals surface area contributed by atoms with Crippen molar-refractivity contribution in [2.45, 2.75) is 0 Å². The Hall–Kier alpha value is -9.24. The highest BCUT2D eigenvalue weighted by Gasteiger charge is 2.18. The zero-order chi connectivity index (χ0) is 46.4. The average Bonchev–Trinajstić information content (AvgIpc) is 3.79. The van der Waals surface area contributed by atoms with Crippen molar-refractivity contribution in [1.82, 2.24) is 4.57 Å². The molecule has 1 heterocycles. The molecule has 0 fully saturated rings. The smallest absolute Gasteiger partial charge is 0.0547 e. The standard InChI is InChI=1S/C68H46N2/c1-3-14-47(15-4-1)50-26-28-51(29-27-50)52-32-37-60(38-33-52)69(62-22-13-21-56(44-62)48-16-5-2-6-17-48)61-39-34-53(35-40-61)58-43-59(57-31-30-49-18-7-8-20-55(49)42-57)46-63(45-58)70-66-25-12-11-24-65(66)68-64-23-10-9-19-54(64)36-41-67(68)70/h1-46H. The summed E-state index contributed by atoms with van der Waals surface area (Å²) in [6.07, 6.45) is 0. The molecule has 0 bridgehead atoms. The lowest BCUT2D eigenvalue weighted by atomic mass is 9.96. The first-order chi connectivity index (χ1) is 34.7. The van der Waals surface area contributed by atoms with E-state index in [1.54, 1.807) is 0 Å². The fourth-order valence-corrected chi connectivity index (χ4v) is 10.5. The van der Waals surface area contributed by atoms with Crippen LogP contribution >= 0.6 is 0 Å². The number of aromatic nitrogens is 1. The molecule has 0 saturated heterocycles. The van der Waals surface area contributed by atoms with E-state index in [0.29, 0.717) is 0 Å². The number of fused-ring (bicyclic) bond motifs is 6. The number of para-hydroxylation sites is 1. The Kier molecular flexibility index (Phi) is 10.2. The van der Waals surface area contributed by atoms with Gasteiger partial charge in [0.1, 0.15) is 0 Å². The highest BCUT2D eigenvalue weighted by Crippen LogP contribution is 2.42. The zero-order valence-electron chi connectivity index (χ0n) is 38.5. The lowest BCUT2D eigenvalue weighted by molar-refractivity contribution is 1.18. The van der Waals surface area contributed by atoms with Crippen molar-refractivity contribution in [2.75, 3.05) is 4.90 Å². The molecule has 328 valence electrons. The molecule has 0 spiro atoms. The lowest BCUT2D eigenvalue weighted by Gasteiger charge is -2.26. The highest BCUT2D eigenvalue weighted by molar-refractivity contribution is 6.21. The van der Waals surface area contributed by atoms with Gasteiger partial charge in [0, 0.05) is 33.5 Å². The third-order valence-electron chi connectivity index (χ3n) is 13.9. The van der Waals surface area contributed by atoms with Crippen molar-refractivity contribution in [3.8, 4) is 61.3 Å². The molecular weight excluding hydrogens is 845 g/mol. The Morgan fingerprint density at radius 1 is 0.229 bits per heavy atom. The van der Waals surface area contributed by atoms with Crippen LogP contribution in [0.15, 0.2) is 279 Å². The van der Waals surface area contributed by atoms with Crippen LogP contribution < -0.4 is 4.90 Å². The molecule has 0 aliphatic heterocycles. The zero-order valence-corrected chi connectivity index (χ0v) is 38.5. The third-order valence-corrected chi connectivity index (χ3v) is 13.9. The molecule has 0 atom stereocenters. The normalized spacial score (nSPS) is 11.4. The van der Waals surface area contributed by atoms with Gasteiger partial charge < -0.3 is 9.47 Å². The van der Waals surface area contributed by atoms with Crippen molar-refractivity contribution in [3.05, 3.63) is 279 Å². The molecule has 0 radical (unpaired) electrons. The van der Waals surface area contributed by atoms with E-state index in [1.807, 2.05) is 0 Å². The van der Waals surface area contributed by atoms with Gasteiger partial charge in [0.15, 0.2) is 0 Å². The molecule has 0 amide bonds. The summed E-state index contributed by atoms with van der Waals surface area (Å²) in [7, 11) is 0. The van der Waals surface area contributed by atoms with Gasteiger partial charge in [-0.1, -0.05) is 206 Å². The van der Waals surface area contributed by atoms with Gasteiger partial charge in [-0.2, -0.15) is 0 Å².